The van der Waals surface area contributed by atoms with Gasteiger partial charge in [-0.1, -0.05) is 23.2 Å². The molecule has 2 N–H and O–H groups in total. The Kier molecular flexibility index (Phi) is 6.40. The van der Waals surface area contributed by atoms with Crippen LogP contribution in [0, 0.1) is 10.1 Å². The van der Waals surface area contributed by atoms with E-state index in [0.717, 1.165) is 5.69 Å². The normalized spacial score (nSPS) is 10.2. The van der Waals surface area contributed by atoms with Crippen LogP contribution in [0.3, 0.4) is 0 Å². The number of nitrogens with zero attached hydrogens (tertiary/aromatic N) is 1. The number of carbonyl (C=O) groups is 1. The third-order valence-corrected chi connectivity index (χ3v) is 3.77. The van der Waals surface area contributed by atoms with Gasteiger partial charge in [0, 0.05) is 35.9 Å². The van der Waals surface area contributed by atoms with Crippen molar-refractivity contribution < 1.29 is 9.72 Å². The van der Waals surface area contributed by atoms with E-state index < -0.39 is 4.92 Å². The minimum atomic E-state index is -0.443. The first kappa shape index (κ1) is 18.0. The molecule has 0 radical (unpaired) electrons. The van der Waals surface area contributed by atoms with Gasteiger partial charge in [0.15, 0.2) is 0 Å². The van der Waals surface area contributed by atoms with E-state index in [1.165, 1.54) is 18.2 Å². The lowest BCUT2D eigenvalue weighted by Crippen LogP contribution is -2.26. The fraction of sp³-hybridized carbons (Fsp3) is 0.188. The molecule has 0 heterocycles. The predicted octanol–water partition coefficient (Wildman–Crippen LogP) is 4.13. The van der Waals surface area contributed by atoms with Crippen LogP contribution in [-0.2, 0) is 0 Å². The number of nitrogens with one attached hydrogen (secondary N) is 2. The highest BCUT2D eigenvalue weighted by molar-refractivity contribution is 6.36. The highest BCUT2D eigenvalue weighted by Gasteiger charge is 2.09. The molecule has 2 aromatic carbocycles. The molecule has 0 spiro atoms. The van der Waals surface area contributed by atoms with Crippen LogP contribution in [0.25, 0.3) is 0 Å². The van der Waals surface area contributed by atoms with E-state index in [-0.39, 0.29) is 11.6 Å². The number of non-ortho nitro benzene ring substituents is 1. The van der Waals surface area contributed by atoms with Crippen LogP contribution >= 0.6 is 23.2 Å². The molecule has 24 heavy (non-hydrogen) atoms. The highest BCUT2D eigenvalue weighted by atomic mass is 35.5. The van der Waals surface area contributed by atoms with Gasteiger partial charge in [0.1, 0.15) is 0 Å². The second-order valence-electron chi connectivity index (χ2n) is 4.96. The number of hydrogen-bond donors (Lipinski definition) is 2. The molecule has 0 aliphatic heterocycles. The highest BCUT2D eigenvalue weighted by Crippen LogP contribution is 2.20. The smallest absolute Gasteiger partial charge is 0.269 e. The zero-order valence-electron chi connectivity index (χ0n) is 12.6. The van der Waals surface area contributed by atoms with Crippen molar-refractivity contribution in [2.75, 3.05) is 18.4 Å². The molecule has 0 fully saturated rings. The minimum absolute atomic E-state index is 0.0488. The fourth-order valence-corrected chi connectivity index (χ4v) is 2.49. The van der Waals surface area contributed by atoms with Crippen molar-refractivity contribution in [3.63, 3.8) is 0 Å². The molecular formula is C16H15Cl2N3O3. The lowest BCUT2D eigenvalue weighted by molar-refractivity contribution is -0.384. The minimum Gasteiger partial charge on any atom is -0.385 e. The number of amides is 1. The summed E-state index contributed by atoms with van der Waals surface area (Å²) in [5.74, 6) is -0.257. The summed E-state index contributed by atoms with van der Waals surface area (Å²) in [6, 6.07) is 10.9. The molecule has 6 nitrogen and oxygen atoms in total. The van der Waals surface area contributed by atoms with Gasteiger partial charge in [-0.05, 0) is 36.8 Å². The Morgan fingerprint density at radius 3 is 2.42 bits per heavy atom. The molecule has 0 atom stereocenters. The first-order chi connectivity index (χ1) is 11.5. The molecule has 8 heteroatoms. The third kappa shape index (κ3) is 5.11. The van der Waals surface area contributed by atoms with Crippen LogP contribution < -0.4 is 10.6 Å². The third-order valence-electron chi connectivity index (χ3n) is 3.22. The number of hydrogen-bond acceptors (Lipinski definition) is 4. The molecule has 0 saturated heterocycles. The van der Waals surface area contributed by atoms with Crippen molar-refractivity contribution in [2.24, 2.45) is 0 Å². The topological polar surface area (TPSA) is 84.3 Å². The summed E-state index contributed by atoms with van der Waals surface area (Å²) in [5, 5.41) is 17.2. The van der Waals surface area contributed by atoms with Crippen molar-refractivity contribution in [1.82, 2.24) is 5.32 Å². The van der Waals surface area contributed by atoms with Gasteiger partial charge in [0.2, 0.25) is 0 Å². The van der Waals surface area contributed by atoms with E-state index >= 15 is 0 Å². The molecule has 0 saturated carbocycles. The van der Waals surface area contributed by atoms with Crippen LogP contribution in [0.15, 0.2) is 42.5 Å². The SMILES string of the molecule is O=C(NCCCNc1ccc([N+](=O)[O-])cc1)c1ccc(Cl)cc1Cl. The number of carbonyl (C=O) groups excluding carboxylic acids is 1. The summed E-state index contributed by atoms with van der Waals surface area (Å²) in [6.07, 6.45) is 0.688. The van der Waals surface area contributed by atoms with Crippen molar-refractivity contribution in [3.8, 4) is 0 Å². The van der Waals surface area contributed by atoms with Crippen LogP contribution in [-0.4, -0.2) is 23.9 Å². The molecule has 0 aromatic heterocycles. The zero-order chi connectivity index (χ0) is 17.5. The summed E-state index contributed by atoms with van der Waals surface area (Å²) in [4.78, 5) is 22.1. The summed E-state index contributed by atoms with van der Waals surface area (Å²) < 4.78 is 0. The van der Waals surface area contributed by atoms with Gasteiger partial charge >= 0.3 is 0 Å². The number of anilines is 1. The molecule has 0 bridgehead atoms. The number of halogens is 2. The summed E-state index contributed by atoms with van der Waals surface area (Å²) >= 11 is 11.8. The van der Waals surface area contributed by atoms with Crippen molar-refractivity contribution >= 4 is 40.5 Å². The van der Waals surface area contributed by atoms with Gasteiger partial charge in [0.05, 0.1) is 15.5 Å². The molecule has 0 aliphatic rings. The van der Waals surface area contributed by atoms with E-state index in [1.54, 1.807) is 24.3 Å². The summed E-state index contributed by atoms with van der Waals surface area (Å²) in [5.41, 5.74) is 1.21. The van der Waals surface area contributed by atoms with Gasteiger partial charge in [-0.2, -0.15) is 0 Å². The van der Waals surface area contributed by atoms with Gasteiger partial charge in [-0.25, -0.2) is 0 Å². The first-order valence-electron chi connectivity index (χ1n) is 7.19. The summed E-state index contributed by atoms with van der Waals surface area (Å²) in [6.45, 7) is 1.09. The largest absolute Gasteiger partial charge is 0.385 e. The zero-order valence-corrected chi connectivity index (χ0v) is 14.1. The van der Waals surface area contributed by atoms with Crippen molar-refractivity contribution in [1.29, 1.82) is 0 Å². The molecule has 0 unspecified atom stereocenters. The number of nitro benzene ring substituents is 1. The van der Waals surface area contributed by atoms with Crippen LogP contribution in [0.4, 0.5) is 11.4 Å². The standard InChI is InChI=1S/C16H15Cl2N3O3/c17-11-2-7-14(15(18)10-11)16(22)20-9-1-8-19-12-3-5-13(6-4-12)21(23)24/h2-7,10,19H,1,8-9H2,(H,20,22). The van der Waals surface area contributed by atoms with Gasteiger partial charge in [-0.3, -0.25) is 14.9 Å². The van der Waals surface area contributed by atoms with Gasteiger partial charge in [-0.15, -0.1) is 0 Å². The van der Waals surface area contributed by atoms with E-state index in [4.69, 9.17) is 23.2 Å². The Morgan fingerprint density at radius 2 is 1.79 bits per heavy atom. The second kappa shape index (κ2) is 8.52. The Balaban J connectivity index is 1.72. The maximum Gasteiger partial charge on any atom is 0.269 e. The maximum atomic E-state index is 12.0. The van der Waals surface area contributed by atoms with Crippen LogP contribution in [0.5, 0.6) is 0 Å². The number of nitro groups is 1. The number of rotatable bonds is 7. The van der Waals surface area contributed by atoms with Crippen LogP contribution in [0.1, 0.15) is 16.8 Å². The Morgan fingerprint density at radius 1 is 1.08 bits per heavy atom. The van der Waals surface area contributed by atoms with Gasteiger partial charge < -0.3 is 10.6 Å². The van der Waals surface area contributed by atoms with Crippen molar-refractivity contribution in [2.45, 2.75) is 6.42 Å². The predicted molar refractivity (Wildman–Crippen MR) is 95.0 cm³/mol. The molecule has 126 valence electrons. The quantitative estimate of drug-likeness (QED) is 0.437. The molecule has 2 rings (SSSR count). The average Bonchev–Trinajstić information content (AvgIpc) is 2.54. The van der Waals surface area contributed by atoms with Crippen molar-refractivity contribution in [3.05, 3.63) is 68.2 Å². The van der Waals surface area contributed by atoms with E-state index in [9.17, 15) is 14.9 Å². The van der Waals surface area contributed by atoms with Crippen LogP contribution in [0.2, 0.25) is 10.0 Å². The average molecular weight is 368 g/mol. The lowest BCUT2D eigenvalue weighted by Gasteiger charge is -2.08. The summed E-state index contributed by atoms with van der Waals surface area (Å²) in [7, 11) is 0. The number of benzene rings is 2. The molecule has 2 aromatic rings. The van der Waals surface area contributed by atoms with E-state index in [2.05, 4.69) is 10.6 Å². The monoisotopic (exact) mass is 367 g/mol. The van der Waals surface area contributed by atoms with Gasteiger partial charge in [0.25, 0.3) is 11.6 Å². The molecule has 0 aliphatic carbocycles. The first-order valence-corrected chi connectivity index (χ1v) is 7.94. The van der Waals surface area contributed by atoms with E-state index in [0.29, 0.717) is 35.1 Å². The lowest BCUT2D eigenvalue weighted by atomic mass is 10.2. The Bertz CT molecular complexity index is 736. The maximum absolute atomic E-state index is 12.0. The van der Waals surface area contributed by atoms with E-state index in [1.807, 2.05) is 0 Å². The second-order valence-corrected chi connectivity index (χ2v) is 5.81. The fourth-order valence-electron chi connectivity index (χ4n) is 1.99. The Labute approximate surface area is 148 Å². The Hall–Kier alpha value is -2.31. The molecular weight excluding hydrogens is 353 g/mol. The molecule has 1 amide bonds.